The van der Waals surface area contributed by atoms with Crippen LogP contribution in [0.15, 0.2) is 0 Å². The van der Waals surface area contributed by atoms with E-state index >= 15 is 0 Å². The van der Waals surface area contributed by atoms with E-state index in [4.69, 9.17) is 18.9 Å². The molecule has 0 saturated carbocycles. The summed E-state index contributed by atoms with van der Waals surface area (Å²) in [6.07, 6.45) is -26.5. The largest absolute Gasteiger partial charge is 0.394 e. The van der Waals surface area contributed by atoms with Gasteiger partial charge in [0.25, 0.3) is 0 Å². The first-order chi connectivity index (χ1) is 24.6. The van der Waals surface area contributed by atoms with Crippen LogP contribution in [0.5, 0.6) is 0 Å². The minimum atomic E-state index is -1.86. The van der Waals surface area contributed by atoms with Gasteiger partial charge in [-0.1, -0.05) is 12.8 Å². The predicted molar refractivity (Wildman–Crippen MR) is 172 cm³/mol. The molecule has 0 spiro atoms. The molecule has 22 heteroatoms. The first kappa shape index (κ1) is 47.3. The lowest BCUT2D eigenvalue weighted by atomic mass is 9.99. The van der Waals surface area contributed by atoms with Crippen LogP contribution in [0.1, 0.15) is 25.7 Å². The maximum atomic E-state index is 10.2. The molecular weight excluding hydrogens is 708 g/mol. The molecule has 0 aromatic heterocycles. The van der Waals surface area contributed by atoms with E-state index in [1.165, 1.54) is 0 Å². The fourth-order valence-electron chi connectivity index (χ4n) is 5.50. The Hall–Kier alpha value is -0.880. The van der Waals surface area contributed by atoms with Gasteiger partial charge >= 0.3 is 0 Å². The molecule has 0 bridgehead atoms. The molecule has 2 aliphatic rings. The average molecular weight is 769 g/mol. The van der Waals surface area contributed by atoms with E-state index in [-0.39, 0.29) is 13.1 Å². The summed E-state index contributed by atoms with van der Waals surface area (Å²) in [6, 6.07) is 0. The molecular formula is C30H60N2O20. The lowest BCUT2D eigenvalue weighted by Crippen LogP contribution is -2.59. The van der Waals surface area contributed by atoms with Crippen LogP contribution in [-0.2, 0) is 18.9 Å². The van der Waals surface area contributed by atoms with E-state index < -0.39 is 137 Å². The minimum Gasteiger partial charge on any atom is -0.394 e. The molecule has 2 rings (SSSR count). The standard InChI is InChI=1S/C30H60N2O20/c33-9-17-23(43)25(45)27(47)29(51-17)49-11-15(37)21(41)19(39)13(35)7-31-5-3-1-2-4-6-32-8-14(36)20(40)22(42)16(38)12-50-30-28(48)26(46)24(44)18(10-34)52-30/h13-48H,1-12H2/t13-,14-,15+,16+,17+,18+,19+,20+,21+,22+,23-,24-,25-,26-,27+,28+,29+,30+/m0/s1. The van der Waals surface area contributed by atoms with Gasteiger partial charge in [-0.3, -0.25) is 0 Å². The van der Waals surface area contributed by atoms with Crippen molar-refractivity contribution in [1.29, 1.82) is 0 Å². The first-order valence-electron chi connectivity index (χ1n) is 17.3. The lowest BCUT2D eigenvalue weighted by Gasteiger charge is -2.40. The summed E-state index contributed by atoms with van der Waals surface area (Å²) >= 11 is 0. The summed E-state index contributed by atoms with van der Waals surface area (Å²) in [4.78, 5) is 0. The summed E-state index contributed by atoms with van der Waals surface area (Å²) in [5.41, 5.74) is 0. The van der Waals surface area contributed by atoms with E-state index in [9.17, 15) is 81.7 Å². The highest BCUT2D eigenvalue weighted by molar-refractivity contribution is 4.91. The Morgan fingerprint density at radius 3 is 1.10 bits per heavy atom. The van der Waals surface area contributed by atoms with Gasteiger partial charge in [0.1, 0.15) is 85.5 Å². The molecule has 0 unspecified atom stereocenters. The van der Waals surface area contributed by atoms with Gasteiger partial charge in [0.15, 0.2) is 12.6 Å². The van der Waals surface area contributed by atoms with Gasteiger partial charge in [0.05, 0.1) is 38.6 Å². The third kappa shape index (κ3) is 14.0. The molecule has 2 fully saturated rings. The molecule has 0 amide bonds. The Morgan fingerprint density at radius 1 is 0.442 bits per heavy atom. The van der Waals surface area contributed by atoms with Crippen molar-refractivity contribution in [2.24, 2.45) is 0 Å². The normalized spacial score (nSPS) is 34.6. The fraction of sp³-hybridized carbons (Fsp3) is 1.00. The zero-order valence-corrected chi connectivity index (χ0v) is 28.7. The van der Waals surface area contributed by atoms with Crippen molar-refractivity contribution in [2.75, 3.05) is 52.6 Å². The molecule has 0 aromatic rings. The summed E-state index contributed by atoms with van der Waals surface area (Å²) in [5, 5.41) is 165. The number of hydrogen-bond donors (Lipinski definition) is 18. The topological polar surface area (TPSA) is 385 Å². The summed E-state index contributed by atoms with van der Waals surface area (Å²) in [5.74, 6) is 0. The van der Waals surface area contributed by atoms with Gasteiger partial charge in [0.2, 0.25) is 0 Å². The second-order valence-electron chi connectivity index (χ2n) is 13.1. The Morgan fingerprint density at radius 2 is 0.769 bits per heavy atom. The predicted octanol–water partition coefficient (Wildman–Crippen LogP) is -9.75. The zero-order chi connectivity index (χ0) is 39.1. The molecule has 22 nitrogen and oxygen atoms in total. The number of nitrogens with one attached hydrogen (secondary N) is 2. The zero-order valence-electron chi connectivity index (χ0n) is 28.7. The van der Waals surface area contributed by atoms with Crippen molar-refractivity contribution in [3.63, 3.8) is 0 Å². The molecule has 52 heavy (non-hydrogen) atoms. The molecule has 0 aliphatic carbocycles. The highest BCUT2D eigenvalue weighted by Gasteiger charge is 2.46. The highest BCUT2D eigenvalue weighted by Crippen LogP contribution is 2.24. The van der Waals surface area contributed by atoms with Gasteiger partial charge in [-0.25, -0.2) is 0 Å². The van der Waals surface area contributed by atoms with Crippen LogP contribution in [0.25, 0.3) is 0 Å². The van der Waals surface area contributed by atoms with Crippen molar-refractivity contribution < 1.29 is 101 Å². The van der Waals surface area contributed by atoms with Gasteiger partial charge in [0, 0.05) is 13.1 Å². The number of aliphatic hydroxyl groups excluding tert-OH is 16. The molecule has 2 saturated heterocycles. The maximum absolute atomic E-state index is 10.2. The minimum absolute atomic E-state index is 0.124. The lowest BCUT2D eigenvalue weighted by molar-refractivity contribution is -0.306. The van der Waals surface area contributed by atoms with Crippen LogP contribution in [0.2, 0.25) is 0 Å². The van der Waals surface area contributed by atoms with E-state index in [0.29, 0.717) is 25.9 Å². The quantitative estimate of drug-likeness (QED) is 0.0383. The van der Waals surface area contributed by atoms with Crippen molar-refractivity contribution in [2.45, 2.75) is 136 Å². The average Bonchev–Trinajstić information content (AvgIpc) is 3.14. The van der Waals surface area contributed by atoms with Crippen molar-refractivity contribution in [3.05, 3.63) is 0 Å². The summed E-state index contributed by atoms with van der Waals surface area (Å²) < 4.78 is 20.6. The van der Waals surface area contributed by atoms with Crippen LogP contribution in [-0.4, -0.2) is 245 Å². The SMILES string of the molecule is OC[C@H]1O[C@@H](OC[C@@H](O)[C@@H](O)[C@H](O)[C@@H](O)CNCCCCCCNC[C@H](O)[C@@H](O)[C@H](O)[C@H](O)CO[C@@H]2O[C@H](CO)[C@H](O)[C@H](O)[C@H]2O)[C@H](O)[C@@H](O)[C@H]1O. The molecule has 0 radical (unpaired) electrons. The van der Waals surface area contributed by atoms with E-state index in [1.54, 1.807) is 0 Å². The Kier molecular flexibility index (Phi) is 21.7. The van der Waals surface area contributed by atoms with Crippen LogP contribution >= 0.6 is 0 Å². The molecule has 2 aliphatic heterocycles. The molecule has 18 N–H and O–H groups in total. The summed E-state index contributed by atoms with van der Waals surface area (Å²) in [7, 11) is 0. The van der Waals surface area contributed by atoms with E-state index in [1.807, 2.05) is 0 Å². The number of aliphatic hydroxyl groups is 16. The van der Waals surface area contributed by atoms with Crippen molar-refractivity contribution >= 4 is 0 Å². The van der Waals surface area contributed by atoms with E-state index in [2.05, 4.69) is 10.6 Å². The smallest absolute Gasteiger partial charge is 0.186 e. The Bertz CT molecular complexity index is 873. The number of rotatable bonds is 25. The Balaban J connectivity index is 1.54. The van der Waals surface area contributed by atoms with Crippen LogP contribution in [0, 0.1) is 0 Å². The van der Waals surface area contributed by atoms with Crippen molar-refractivity contribution in [3.8, 4) is 0 Å². The van der Waals surface area contributed by atoms with Crippen LogP contribution in [0.4, 0.5) is 0 Å². The second-order valence-corrected chi connectivity index (χ2v) is 13.1. The van der Waals surface area contributed by atoms with Crippen LogP contribution in [0.3, 0.4) is 0 Å². The molecule has 18 atom stereocenters. The molecule has 310 valence electrons. The Labute approximate surface area is 300 Å². The number of ether oxygens (including phenoxy) is 4. The molecule has 2 heterocycles. The number of unbranched alkanes of at least 4 members (excludes halogenated alkanes) is 3. The first-order valence-corrected chi connectivity index (χ1v) is 17.3. The second kappa shape index (κ2) is 23.9. The third-order valence-electron chi connectivity index (χ3n) is 9.00. The highest BCUT2D eigenvalue weighted by atomic mass is 16.7. The number of hydrogen-bond acceptors (Lipinski definition) is 22. The van der Waals surface area contributed by atoms with Crippen molar-refractivity contribution in [1.82, 2.24) is 10.6 Å². The van der Waals surface area contributed by atoms with E-state index in [0.717, 1.165) is 12.8 Å². The maximum Gasteiger partial charge on any atom is 0.186 e. The fourth-order valence-corrected chi connectivity index (χ4v) is 5.50. The van der Waals surface area contributed by atoms with Gasteiger partial charge < -0.3 is 111 Å². The third-order valence-corrected chi connectivity index (χ3v) is 9.00. The summed E-state index contributed by atoms with van der Waals surface area (Å²) in [6.45, 7) is -2.11. The van der Waals surface area contributed by atoms with Crippen LogP contribution < -0.4 is 10.6 Å². The van der Waals surface area contributed by atoms with Gasteiger partial charge in [-0.05, 0) is 25.9 Å². The van der Waals surface area contributed by atoms with Gasteiger partial charge in [-0.2, -0.15) is 0 Å². The molecule has 0 aromatic carbocycles. The van der Waals surface area contributed by atoms with Gasteiger partial charge in [-0.15, -0.1) is 0 Å². The monoisotopic (exact) mass is 768 g/mol.